The lowest BCUT2D eigenvalue weighted by atomic mass is 10.1. The minimum absolute atomic E-state index is 0.0665. The third-order valence-corrected chi connectivity index (χ3v) is 4.71. The average Bonchev–Trinajstić information content (AvgIpc) is 2.70. The van der Waals surface area contributed by atoms with Gasteiger partial charge in [-0.05, 0) is 44.6 Å². The summed E-state index contributed by atoms with van der Waals surface area (Å²) in [4.78, 5) is 28.8. The number of nitrogens with zero attached hydrogens (tertiary/aromatic N) is 2. The number of para-hydroxylation sites is 1. The number of nitrogens with one attached hydrogen (secondary N) is 1. The Bertz CT molecular complexity index is 821. The van der Waals surface area contributed by atoms with Crippen molar-refractivity contribution < 1.29 is 14.3 Å². The van der Waals surface area contributed by atoms with E-state index in [-0.39, 0.29) is 18.4 Å². The number of ether oxygens (including phenoxy) is 1. The number of fused-ring (bicyclic) bond motifs is 1. The van der Waals surface area contributed by atoms with Crippen molar-refractivity contribution in [1.82, 2.24) is 9.80 Å². The second-order valence-electron chi connectivity index (χ2n) is 7.20. The van der Waals surface area contributed by atoms with E-state index < -0.39 is 0 Å². The van der Waals surface area contributed by atoms with Crippen molar-refractivity contribution >= 4 is 17.5 Å². The topological polar surface area (TPSA) is 61.9 Å². The zero-order valence-corrected chi connectivity index (χ0v) is 16.5. The van der Waals surface area contributed by atoms with Crippen LogP contribution in [0.5, 0.6) is 5.75 Å². The Labute approximate surface area is 166 Å². The summed E-state index contributed by atoms with van der Waals surface area (Å²) in [6.45, 7) is 2.01. The van der Waals surface area contributed by atoms with Gasteiger partial charge < -0.3 is 19.9 Å². The van der Waals surface area contributed by atoms with Gasteiger partial charge in [0.25, 0.3) is 11.8 Å². The van der Waals surface area contributed by atoms with Crippen LogP contribution in [0.25, 0.3) is 0 Å². The summed E-state index contributed by atoms with van der Waals surface area (Å²) in [6.07, 6.45) is 1.81. The van der Waals surface area contributed by atoms with Crippen LogP contribution < -0.4 is 10.1 Å². The highest BCUT2D eigenvalue weighted by molar-refractivity contribution is 6.03. The number of amides is 2. The molecule has 148 valence electrons. The molecule has 0 aromatic heterocycles. The molecule has 0 unspecified atom stereocenters. The number of likely N-dealkylation sites (N-methyl/N-ethyl adjacent to an activating group) is 1. The molecule has 6 heteroatoms. The Kier molecular flexibility index (Phi) is 6.66. The van der Waals surface area contributed by atoms with Crippen molar-refractivity contribution in [2.75, 3.05) is 45.7 Å². The van der Waals surface area contributed by atoms with Crippen LogP contribution in [0.4, 0.5) is 5.69 Å². The molecule has 0 fully saturated rings. The lowest BCUT2D eigenvalue weighted by Gasteiger charge is -2.27. The zero-order chi connectivity index (χ0) is 19.9. The van der Waals surface area contributed by atoms with Crippen LogP contribution in [-0.4, -0.2) is 62.0 Å². The molecule has 1 N–H and O–H groups in total. The predicted molar refractivity (Wildman–Crippen MR) is 110 cm³/mol. The van der Waals surface area contributed by atoms with E-state index in [0.717, 1.165) is 19.4 Å². The van der Waals surface area contributed by atoms with Crippen molar-refractivity contribution in [2.45, 2.75) is 12.8 Å². The van der Waals surface area contributed by atoms with Gasteiger partial charge in [0, 0.05) is 19.6 Å². The van der Waals surface area contributed by atoms with E-state index in [4.69, 9.17) is 4.74 Å². The second-order valence-corrected chi connectivity index (χ2v) is 7.20. The van der Waals surface area contributed by atoms with E-state index in [0.29, 0.717) is 30.1 Å². The molecule has 0 bridgehead atoms. The highest BCUT2D eigenvalue weighted by Gasteiger charge is 2.25. The third kappa shape index (κ3) is 5.10. The number of rotatable bonds is 8. The molecule has 0 saturated carbocycles. The van der Waals surface area contributed by atoms with Gasteiger partial charge in [0.1, 0.15) is 0 Å². The molecule has 0 spiro atoms. The molecule has 0 aliphatic carbocycles. The molecule has 1 aliphatic heterocycles. The first-order chi connectivity index (χ1) is 13.5. The molecule has 0 atom stereocenters. The van der Waals surface area contributed by atoms with Crippen LogP contribution in [0.3, 0.4) is 0 Å². The van der Waals surface area contributed by atoms with E-state index in [2.05, 4.69) is 22.3 Å². The molecule has 2 aromatic rings. The minimum atomic E-state index is -0.204. The van der Waals surface area contributed by atoms with Gasteiger partial charge in [0.15, 0.2) is 12.4 Å². The van der Waals surface area contributed by atoms with Crippen molar-refractivity contribution in [3.63, 3.8) is 0 Å². The van der Waals surface area contributed by atoms with Crippen LogP contribution in [0.15, 0.2) is 48.5 Å². The number of hydrogen-bond acceptors (Lipinski definition) is 4. The average molecular weight is 381 g/mol. The largest absolute Gasteiger partial charge is 0.481 e. The normalized spacial score (nSPS) is 12.9. The molecule has 1 aliphatic rings. The number of anilines is 1. The van der Waals surface area contributed by atoms with Gasteiger partial charge in [-0.25, -0.2) is 0 Å². The molecular weight excluding hydrogens is 354 g/mol. The number of carbonyl (C=O) groups excluding carboxylic acids is 2. The van der Waals surface area contributed by atoms with Gasteiger partial charge in [0.05, 0.1) is 11.3 Å². The standard InChI is InChI=1S/C22H27N3O3/c1-24(2)14-15-25(13-7-10-17-8-4-3-5-9-17)22(27)18-11-6-12-19-21(18)28-16-20(26)23-19/h3-6,8-9,11-12H,7,10,13-16H2,1-2H3,(H,23,26). The molecule has 28 heavy (non-hydrogen) atoms. The van der Waals surface area contributed by atoms with E-state index >= 15 is 0 Å². The summed E-state index contributed by atoms with van der Waals surface area (Å²) in [7, 11) is 3.99. The van der Waals surface area contributed by atoms with Crippen LogP contribution >= 0.6 is 0 Å². The molecule has 0 saturated heterocycles. The Balaban J connectivity index is 1.73. The van der Waals surface area contributed by atoms with E-state index in [1.165, 1.54) is 5.56 Å². The van der Waals surface area contributed by atoms with E-state index in [9.17, 15) is 9.59 Å². The first-order valence-corrected chi connectivity index (χ1v) is 9.58. The second kappa shape index (κ2) is 9.37. The Morgan fingerprint density at radius 1 is 1.04 bits per heavy atom. The van der Waals surface area contributed by atoms with Gasteiger partial charge in [-0.1, -0.05) is 36.4 Å². The molecule has 6 nitrogen and oxygen atoms in total. The van der Waals surface area contributed by atoms with Crippen LogP contribution in [0, 0.1) is 0 Å². The number of benzene rings is 2. The summed E-state index contributed by atoms with van der Waals surface area (Å²) in [6, 6.07) is 15.6. The number of carbonyl (C=O) groups is 2. The van der Waals surface area contributed by atoms with Gasteiger partial charge >= 0.3 is 0 Å². The highest BCUT2D eigenvalue weighted by atomic mass is 16.5. The maximum absolute atomic E-state index is 13.3. The molecule has 1 heterocycles. The smallest absolute Gasteiger partial charge is 0.262 e. The lowest BCUT2D eigenvalue weighted by Crippen LogP contribution is -2.38. The number of aryl methyl sites for hydroxylation is 1. The maximum atomic E-state index is 13.3. The first kappa shape index (κ1) is 19.9. The van der Waals surface area contributed by atoms with Gasteiger partial charge in [0.2, 0.25) is 0 Å². The molecule has 2 amide bonds. The van der Waals surface area contributed by atoms with E-state index in [1.807, 2.05) is 37.2 Å². The zero-order valence-electron chi connectivity index (χ0n) is 16.5. The summed E-state index contributed by atoms with van der Waals surface area (Å²) >= 11 is 0. The van der Waals surface area contributed by atoms with Crippen LogP contribution in [-0.2, 0) is 11.2 Å². The Morgan fingerprint density at radius 3 is 2.57 bits per heavy atom. The SMILES string of the molecule is CN(C)CCN(CCCc1ccccc1)C(=O)c1cccc2c1OCC(=O)N2. The quantitative estimate of drug-likeness (QED) is 0.764. The first-order valence-electron chi connectivity index (χ1n) is 9.58. The van der Waals surface area contributed by atoms with Crippen LogP contribution in [0.2, 0.25) is 0 Å². The fourth-order valence-electron chi connectivity index (χ4n) is 3.21. The van der Waals surface area contributed by atoms with Gasteiger partial charge in [-0.2, -0.15) is 0 Å². The fourth-order valence-corrected chi connectivity index (χ4v) is 3.21. The van der Waals surface area contributed by atoms with Crippen molar-refractivity contribution in [2.24, 2.45) is 0 Å². The summed E-state index contributed by atoms with van der Waals surface area (Å²) in [5.41, 5.74) is 2.32. The summed E-state index contributed by atoms with van der Waals surface area (Å²) in [5, 5.41) is 2.77. The highest BCUT2D eigenvalue weighted by Crippen LogP contribution is 2.32. The monoisotopic (exact) mass is 381 g/mol. The molecule has 0 radical (unpaired) electrons. The fraction of sp³-hybridized carbons (Fsp3) is 0.364. The van der Waals surface area contributed by atoms with Crippen molar-refractivity contribution in [3.05, 3.63) is 59.7 Å². The lowest BCUT2D eigenvalue weighted by molar-refractivity contribution is -0.118. The Morgan fingerprint density at radius 2 is 1.82 bits per heavy atom. The van der Waals surface area contributed by atoms with Crippen molar-refractivity contribution in [3.8, 4) is 5.75 Å². The summed E-state index contributed by atoms with van der Waals surface area (Å²) in [5.74, 6) is 0.192. The van der Waals surface area contributed by atoms with Crippen molar-refractivity contribution in [1.29, 1.82) is 0 Å². The Hall–Kier alpha value is -2.86. The van der Waals surface area contributed by atoms with Crippen LogP contribution in [0.1, 0.15) is 22.3 Å². The third-order valence-electron chi connectivity index (χ3n) is 4.71. The predicted octanol–water partition coefficient (Wildman–Crippen LogP) is 2.65. The number of hydrogen-bond donors (Lipinski definition) is 1. The maximum Gasteiger partial charge on any atom is 0.262 e. The van der Waals surface area contributed by atoms with E-state index in [1.54, 1.807) is 18.2 Å². The van der Waals surface area contributed by atoms with Gasteiger partial charge in [-0.15, -0.1) is 0 Å². The minimum Gasteiger partial charge on any atom is -0.481 e. The molecule has 2 aromatic carbocycles. The van der Waals surface area contributed by atoms with Gasteiger partial charge in [-0.3, -0.25) is 9.59 Å². The molecule has 3 rings (SSSR count). The summed E-state index contributed by atoms with van der Waals surface area (Å²) < 4.78 is 5.57. The molecular formula is C22H27N3O3.